The van der Waals surface area contributed by atoms with E-state index in [4.69, 9.17) is 9.47 Å². The zero-order valence-electron chi connectivity index (χ0n) is 26.2. The van der Waals surface area contributed by atoms with Crippen LogP contribution in [-0.2, 0) is 28.1 Å². The first-order valence-corrected chi connectivity index (χ1v) is 15.7. The van der Waals surface area contributed by atoms with Crippen LogP contribution in [-0.4, -0.2) is 29.6 Å². The average molecular weight is 624 g/mol. The van der Waals surface area contributed by atoms with Crippen LogP contribution in [0, 0.1) is 0 Å². The van der Waals surface area contributed by atoms with Crippen molar-refractivity contribution in [3.05, 3.63) is 174 Å². The van der Waals surface area contributed by atoms with Crippen LogP contribution >= 0.6 is 0 Å². The fourth-order valence-corrected chi connectivity index (χ4v) is 5.89. The van der Waals surface area contributed by atoms with Gasteiger partial charge in [-0.1, -0.05) is 121 Å². The molecule has 0 saturated carbocycles. The molecule has 6 aromatic rings. The molecule has 0 unspecified atom stereocenters. The van der Waals surface area contributed by atoms with Gasteiger partial charge in [-0.15, -0.1) is 0 Å². The topological polar surface area (TPSA) is 92.4 Å². The van der Waals surface area contributed by atoms with Crippen molar-refractivity contribution in [3.63, 3.8) is 0 Å². The van der Waals surface area contributed by atoms with Gasteiger partial charge in [-0.3, -0.25) is 5.32 Å². The van der Waals surface area contributed by atoms with Crippen molar-refractivity contribution in [1.29, 1.82) is 0 Å². The number of rotatable bonds is 12. The lowest BCUT2D eigenvalue weighted by molar-refractivity contribution is -0.136. The number of carbonyl (C=O) groups excluding carboxylic acids is 2. The van der Waals surface area contributed by atoms with E-state index < -0.39 is 23.6 Å². The van der Waals surface area contributed by atoms with Gasteiger partial charge < -0.3 is 19.8 Å². The first-order valence-electron chi connectivity index (χ1n) is 15.7. The highest BCUT2D eigenvalue weighted by atomic mass is 16.6. The highest BCUT2D eigenvalue weighted by Crippen LogP contribution is 2.37. The molecule has 47 heavy (non-hydrogen) atoms. The van der Waals surface area contributed by atoms with Crippen LogP contribution in [0.15, 0.2) is 146 Å². The van der Waals surface area contributed by atoms with E-state index >= 15 is 0 Å². The number of benzene rings is 5. The van der Waals surface area contributed by atoms with E-state index in [2.05, 4.69) is 88.4 Å². The smallest absolute Gasteiger partial charge is 0.408 e. The van der Waals surface area contributed by atoms with Crippen molar-refractivity contribution in [1.82, 2.24) is 15.6 Å². The van der Waals surface area contributed by atoms with Gasteiger partial charge in [0, 0.05) is 23.6 Å². The Morgan fingerprint density at radius 2 is 1.30 bits per heavy atom. The third-order valence-electron chi connectivity index (χ3n) is 8.26. The molecule has 5 aromatic carbocycles. The average Bonchev–Trinajstić information content (AvgIpc) is 3.53. The molecule has 1 heterocycles. The van der Waals surface area contributed by atoms with E-state index in [1.165, 1.54) is 0 Å². The minimum absolute atomic E-state index is 0.111. The molecule has 6 rings (SSSR count). The van der Waals surface area contributed by atoms with Gasteiger partial charge in [0.25, 0.3) is 0 Å². The molecule has 0 fully saturated rings. The predicted octanol–water partition coefficient (Wildman–Crippen LogP) is 7.51. The quantitative estimate of drug-likeness (QED) is 0.0746. The third kappa shape index (κ3) is 7.27. The second-order valence-electron chi connectivity index (χ2n) is 11.4. The van der Waals surface area contributed by atoms with Gasteiger partial charge in [-0.05, 0) is 59.4 Å². The van der Waals surface area contributed by atoms with Crippen molar-refractivity contribution in [2.45, 2.75) is 31.5 Å². The van der Waals surface area contributed by atoms with Gasteiger partial charge in [0.05, 0.1) is 5.54 Å². The number of hydrogen-bond acceptors (Lipinski definition) is 5. The Morgan fingerprint density at radius 3 is 1.87 bits per heavy atom. The molecule has 1 aromatic heterocycles. The third-order valence-corrected chi connectivity index (χ3v) is 8.26. The summed E-state index contributed by atoms with van der Waals surface area (Å²) in [5.74, 6) is -0.187. The number of ether oxygens (including phenoxy) is 2. The first-order chi connectivity index (χ1) is 23.0. The van der Waals surface area contributed by atoms with E-state index in [-0.39, 0.29) is 6.61 Å². The maximum absolute atomic E-state index is 12.9. The molecule has 7 nitrogen and oxygen atoms in total. The lowest BCUT2D eigenvalue weighted by Crippen LogP contribution is -2.45. The Morgan fingerprint density at radius 1 is 0.745 bits per heavy atom. The van der Waals surface area contributed by atoms with Gasteiger partial charge in [0.2, 0.25) is 0 Å². The summed E-state index contributed by atoms with van der Waals surface area (Å²) in [6.45, 7) is 2.34. The zero-order valence-corrected chi connectivity index (χ0v) is 26.2. The number of amides is 1. The molecule has 0 saturated heterocycles. The summed E-state index contributed by atoms with van der Waals surface area (Å²) in [6, 6.07) is 45.5. The van der Waals surface area contributed by atoms with Crippen molar-refractivity contribution in [2.75, 3.05) is 6.54 Å². The number of hydrogen-bond donors (Lipinski definition) is 3. The Bertz CT molecular complexity index is 1810. The molecular weight excluding hydrogens is 586 g/mol. The van der Waals surface area contributed by atoms with Gasteiger partial charge in [-0.2, -0.15) is 0 Å². The maximum atomic E-state index is 12.9. The fourth-order valence-electron chi connectivity index (χ4n) is 5.89. The van der Waals surface area contributed by atoms with Crippen molar-refractivity contribution < 1.29 is 19.1 Å². The van der Waals surface area contributed by atoms with Crippen molar-refractivity contribution in [2.24, 2.45) is 0 Å². The lowest BCUT2D eigenvalue weighted by Gasteiger charge is -2.37. The van der Waals surface area contributed by atoms with Crippen LogP contribution in [0.4, 0.5) is 4.79 Å². The number of alkyl carbamates (subject to hydrolysis) is 1. The Kier molecular flexibility index (Phi) is 9.75. The molecule has 0 radical (unpaired) electrons. The van der Waals surface area contributed by atoms with Crippen LogP contribution < -0.4 is 15.4 Å². The summed E-state index contributed by atoms with van der Waals surface area (Å²) in [5, 5.41) is 7.44. The highest BCUT2D eigenvalue weighted by Gasteiger charge is 2.35. The summed E-state index contributed by atoms with van der Waals surface area (Å²) in [6.07, 6.45) is 2.03. The number of fused-ring (bicyclic) bond motifs is 1. The summed E-state index contributed by atoms with van der Waals surface area (Å²) >= 11 is 0. The summed E-state index contributed by atoms with van der Waals surface area (Å²) in [4.78, 5) is 28.5. The molecule has 0 aliphatic heterocycles. The standard InChI is InChI=1S/C40H37N3O4/c1-29(43-39(45)46-28-30-14-6-2-7-15-30)38(44)47-35-22-23-37-36(26-35)31(27-41-37)24-25-42-40(32-16-8-3-9-17-32,33-18-10-4-11-19-33)34-20-12-5-13-21-34/h2-23,26-27,29,41-42H,24-25,28H2,1H3,(H,43,45)/t29-/m1/s1. The van der Waals surface area contributed by atoms with Crippen LogP contribution in [0.5, 0.6) is 5.75 Å². The monoisotopic (exact) mass is 623 g/mol. The summed E-state index contributed by atoms with van der Waals surface area (Å²) < 4.78 is 10.9. The highest BCUT2D eigenvalue weighted by molar-refractivity contribution is 5.87. The minimum atomic E-state index is -0.897. The second kappa shape index (κ2) is 14.6. The first kappa shape index (κ1) is 31.3. The number of carbonyl (C=O) groups is 2. The molecule has 236 valence electrons. The lowest BCUT2D eigenvalue weighted by atomic mass is 9.77. The number of H-pyrrole nitrogens is 1. The van der Waals surface area contributed by atoms with Crippen LogP contribution in [0.1, 0.15) is 34.7 Å². The van der Waals surface area contributed by atoms with Gasteiger partial charge in [-0.25, -0.2) is 9.59 Å². The molecule has 0 bridgehead atoms. The van der Waals surface area contributed by atoms with E-state index in [9.17, 15) is 9.59 Å². The van der Waals surface area contributed by atoms with Crippen LogP contribution in [0.3, 0.4) is 0 Å². The van der Waals surface area contributed by atoms with E-state index in [1.54, 1.807) is 13.0 Å². The maximum Gasteiger partial charge on any atom is 0.408 e. The molecule has 1 atom stereocenters. The molecule has 1 amide bonds. The fraction of sp³-hybridized carbons (Fsp3) is 0.150. The van der Waals surface area contributed by atoms with Gasteiger partial charge in [0.1, 0.15) is 18.4 Å². The number of esters is 1. The normalized spacial score (nSPS) is 11.9. The minimum Gasteiger partial charge on any atom is -0.445 e. The molecule has 0 aliphatic rings. The summed E-state index contributed by atoms with van der Waals surface area (Å²) in [7, 11) is 0. The molecular formula is C40H37N3O4. The molecule has 3 N–H and O–H groups in total. The second-order valence-corrected chi connectivity index (χ2v) is 11.4. The largest absolute Gasteiger partial charge is 0.445 e. The zero-order chi connectivity index (χ0) is 32.5. The number of aromatic nitrogens is 1. The van der Waals surface area contributed by atoms with Crippen LogP contribution in [0.25, 0.3) is 10.9 Å². The Hall–Kier alpha value is -5.66. The van der Waals surface area contributed by atoms with Crippen LogP contribution in [0.2, 0.25) is 0 Å². The number of aromatic amines is 1. The SMILES string of the molecule is C[C@@H](NC(=O)OCc1ccccc1)C(=O)Oc1ccc2[nH]cc(CCNC(c3ccccc3)(c3ccccc3)c3ccccc3)c2c1. The molecule has 0 spiro atoms. The number of nitrogens with one attached hydrogen (secondary N) is 3. The van der Waals surface area contributed by atoms with Crippen molar-refractivity contribution >= 4 is 23.0 Å². The van der Waals surface area contributed by atoms with Gasteiger partial charge >= 0.3 is 12.1 Å². The Balaban J connectivity index is 1.16. The Labute approximate surface area is 274 Å². The summed E-state index contributed by atoms with van der Waals surface area (Å²) in [5.41, 5.74) is 5.77. The molecule has 7 heteroatoms. The van der Waals surface area contributed by atoms with E-state index in [0.29, 0.717) is 12.3 Å². The predicted molar refractivity (Wildman–Crippen MR) is 184 cm³/mol. The molecule has 0 aliphatic carbocycles. The van der Waals surface area contributed by atoms with Gasteiger partial charge in [0.15, 0.2) is 0 Å². The van der Waals surface area contributed by atoms with E-state index in [1.807, 2.05) is 66.9 Å². The van der Waals surface area contributed by atoms with E-state index in [0.717, 1.165) is 45.1 Å². The van der Waals surface area contributed by atoms with Crippen molar-refractivity contribution in [3.8, 4) is 5.75 Å².